The van der Waals surface area contributed by atoms with Crippen molar-refractivity contribution in [2.24, 2.45) is 0 Å². The molecule has 0 bridgehead atoms. The van der Waals surface area contributed by atoms with Crippen molar-refractivity contribution >= 4 is 11.7 Å². The fourth-order valence-electron chi connectivity index (χ4n) is 1.39. The molecule has 0 saturated heterocycles. The van der Waals surface area contributed by atoms with Gasteiger partial charge in [-0.25, -0.2) is 4.79 Å². The molecule has 15 heavy (non-hydrogen) atoms. The normalized spacial score (nSPS) is 14.7. The number of nitrogens with one attached hydrogen (secondary N) is 1. The number of ether oxygens (including phenoxy) is 1. The van der Waals surface area contributed by atoms with Crippen LogP contribution in [0.5, 0.6) is 5.75 Å². The number of benzene rings is 1. The van der Waals surface area contributed by atoms with Crippen molar-refractivity contribution in [3.8, 4) is 5.75 Å². The summed E-state index contributed by atoms with van der Waals surface area (Å²) in [7, 11) is 1.54. The van der Waals surface area contributed by atoms with Gasteiger partial charge in [0.15, 0.2) is 0 Å². The first-order chi connectivity index (χ1) is 7.20. The first-order valence-corrected chi connectivity index (χ1v) is 4.88. The molecule has 2 rings (SSSR count). The lowest BCUT2D eigenvalue weighted by Gasteiger charge is -2.10. The van der Waals surface area contributed by atoms with Crippen LogP contribution in [0.3, 0.4) is 0 Å². The summed E-state index contributed by atoms with van der Waals surface area (Å²) in [6.45, 7) is 0. The predicted molar refractivity (Wildman–Crippen MR) is 56.6 cm³/mol. The van der Waals surface area contributed by atoms with Crippen LogP contribution in [0.25, 0.3) is 0 Å². The minimum Gasteiger partial charge on any atom is -0.495 e. The van der Waals surface area contributed by atoms with E-state index in [1.165, 1.54) is 18.9 Å². The van der Waals surface area contributed by atoms with E-state index < -0.39 is 5.97 Å². The molecule has 80 valence electrons. The lowest BCUT2D eigenvalue weighted by molar-refractivity contribution is 0.0696. The van der Waals surface area contributed by atoms with E-state index in [1.807, 2.05) is 0 Å². The smallest absolute Gasteiger partial charge is 0.335 e. The van der Waals surface area contributed by atoms with Crippen molar-refractivity contribution in [2.45, 2.75) is 18.9 Å². The van der Waals surface area contributed by atoms with Crippen molar-refractivity contribution in [1.29, 1.82) is 0 Å². The average molecular weight is 207 g/mol. The Morgan fingerprint density at radius 3 is 2.80 bits per heavy atom. The number of hydrogen-bond acceptors (Lipinski definition) is 3. The van der Waals surface area contributed by atoms with Crippen LogP contribution < -0.4 is 10.1 Å². The van der Waals surface area contributed by atoms with Crippen LogP contribution in [-0.4, -0.2) is 24.2 Å². The van der Waals surface area contributed by atoms with Crippen molar-refractivity contribution in [1.82, 2.24) is 0 Å². The summed E-state index contributed by atoms with van der Waals surface area (Å²) in [6, 6.07) is 5.39. The summed E-state index contributed by atoms with van der Waals surface area (Å²) in [4.78, 5) is 10.7. The van der Waals surface area contributed by atoms with Gasteiger partial charge in [0, 0.05) is 6.04 Å². The molecule has 4 nitrogen and oxygen atoms in total. The van der Waals surface area contributed by atoms with Crippen molar-refractivity contribution in [3.63, 3.8) is 0 Å². The van der Waals surface area contributed by atoms with E-state index in [0.29, 0.717) is 11.8 Å². The second kappa shape index (κ2) is 3.81. The van der Waals surface area contributed by atoms with Crippen LogP contribution in [0.4, 0.5) is 5.69 Å². The summed E-state index contributed by atoms with van der Waals surface area (Å²) in [5.41, 5.74) is 1.11. The van der Waals surface area contributed by atoms with E-state index in [9.17, 15) is 4.79 Å². The minimum atomic E-state index is -0.939. The maximum atomic E-state index is 10.7. The molecule has 0 atom stereocenters. The number of rotatable bonds is 4. The molecule has 1 aromatic carbocycles. The van der Waals surface area contributed by atoms with Gasteiger partial charge in [0.2, 0.25) is 0 Å². The predicted octanol–water partition coefficient (Wildman–Crippen LogP) is 1.97. The molecule has 2 N–H and O–H groups in total. The van der Waals surface area contributed by atoms with Crippen molar-refractivity contribution in [3.05, 3.63) is 23.8 Å². The van der Waals surface area contributed by atoms with Gasteiger partial charge >= 0.3 is 5.97 Å². The number of methoxy groups -OCH3 is 1. The lowest BCUT2D eigenvalue weighted by atomic mass is 10.2. The maximum Gasteiger partial charge on any atom is 0.335 e. The third-order valence-corrected chi connectivity index (χ3v) is 2.39. The number of carboxylic acids is 1. The van der Waals surface area contributed by atoms with Crippen LogP contribution in [-0.2, 0) is 0 Å². The Bertz CT molecular complexity index is 385. The number of carbonyl (C=O) groups is 1. The highest BCUT2D eigenvalue weighted by molar-refractivity contribution is 5.89. The van der Waals surface area contributed by atoms with Crippen molar-refractivity contribution < 1.29 is 14.6 Å². The van der Waals surface area contributed by atoms with E-state index in [2.05, 4.69) is 5.32 Å². The highest BCUT2D eigenvalue weighted by atomic mass is 16.5. The molecule has 1 fully saturated rings. The highest BCUT2D eigenvalue weighted by Crippen LogP contribution is 2.31. The summed E-state index contributed by atoms with van der Waals surface area (Å²) in [5.74, 6) is -0.354. The number of aromatic carboxylic acids is 1. The second-order valence-corrected chi connectivity index (χ2v) is 3.64. The first kappa shape index (κ1) is 9.83. The Kier molecular flexibility index (Phi) is 2.49. The molecular weight excluding hydrogens is 194 g/mol. The molecule has 1 aliphatic rings. The molecule has 0 aliphatic heterocycles. The Morgan fingerprint density at radius 1 is 1.53 bits per heavy atom. The molecule has 0 heterocycles. The van der Waals surface area contributed by atoms with Gasteiger partial charge in [-0.2, -0.15) is 0 Å². The minimum absolute atomic E-state index is 0.244. The molecule has 1 aromatic rings. The zero-order chi connectivity index (χ0) is 10.8. The average Bonchev–Trinajstić information content (AvgIpc) is 3.02. The van der Waals surface area contributed by atoms with Crippen LogP contribution >= 0.6 is 0 Å². The number of hydrogen-bond donors (Lipinski definition) is 2. The van der Waals surface area contributed by atoms with Crippen molar-refractivity contribution in [2.75, 3.05) is 12.4 Å². The summed E-state index contributed by atoms with van der Waals surface area (Å²) in [5, 5.41) is 12.1. The lowest BCUT2D eigenvalue weighted by Crippen LogP contribution is -2.04. The zero-order valence-electron chi connectivity index (χ0n) is 8.49. The largest absolute Gasteiger partial charge is 0.495 e. The molecule has 1 aliphatic carbocycles. The Morgan fingerprint density at radius 2 is 2.27 bits per heavy atom. The third kappa shape index (κ3) is 2.21. The molecule has 0 unspecified atom stereocenters. The van der Waals surface area contributed by atoms with Gasteiger partial charge < -0.3 is 15.2 Å². The summed E-state index contributed by atoms with van der Waals surface area (Å²) in [6.07, 6.45) is 2.34. The van der Waals surface area contributed by atoms with Gasteiger partial charge in [-0.15, -0.1) is 0 Å². The molecule has 4 heteroatoms. The van der Waals surface area contributed by atoms with Crippen LogP contribution in [0.2, 0.25) is 0 Å². The van der Waals surface area contributed by atoms with Gasteiger partial charge in [-0.3, -0.25) is 0 Å². The van der Waals surface area contributed by atoms with Gasteiger partial charge in [0.05, 0.1) is 18.4 Å². The quantitative estimate of drug-likeness (QED) is 0.792. The SMILES string of the molecule is COc1cc(C(=O)O)ccc1NC1CC1. The summed E-state index contributed by atoms with van der Waals surface area (Å²) < 4.78 is 5.14. The Labute approximate surface area is 87.9 Å². The highest BCUT2D eigenvalue weighted by Gasteiger charge is 2.22. The van der Waals surface area contributed by atoms with Crippen LogP contribution in [0.15, 0.2) is 18.2 Å². The Hall–Kier alpha value is -1.71. The monoisotopic (exact) mass is 207 g/mol. The van der Waals surface area contributed by atoms with Gasteiger partial charge in [-0.05, 0) is 31.0 Å². The fourth-order valence-corrected chi connectivity index (χ4v) is 1.39. The first-order valence-electron chi connectivity index (χ1n) is 4.88. The van der Waals surface area contributed by atoms with E-state index >= 15 is 0 Å². The van der Waals surface area contributed by atoms with E-state index in [4.69, 9.17) is 9.84 Å². The zero-order valence-corrected chi connectivity index (χ0v) is 8.49. The van der Waals surface area contributed by atoms with Crippen LogP contribution in [0.1, 0.15) is 23.2 Å². The topological polar surface area (TPSA) is 58.6 Å². The molecule has 0 spiro atoms. The second-order valence-electron chi connectivity index (χ2n) is 3.64. The maximum absolute atomic E-state index is 10.7. The molecule has 1 saturated carbocycles. The molecule has 0 amide bonds. The van der Waals surface area contributed by atoms with Gasteiger partial charge in [-0.1, -0.05) is 0 Å². The molecular formula is C11H13NO3. The number of anilines is 1. The van der Waals surface area contributed by atoms with Crippen LogP contribution in [0, 0.1) is 0 Å². The molecule has 0 radical (unpaired) electrons. The van der Waals surface area contributed by atoms with Gasteiger partial charge in [0.1, 0.15) is 5.75 Å². The molecule has 0 aromatic heterocycles. The standard InChI is InChI=1S/C11H13NO3/c1-15-10-6-7(11(13)14)2-5-9(10)12-8-3-4-8/h2,5-6,8,12H,3-4H2,1H3,(H,13,14). The van der Waals surface area contributed by atoms with E-state index in [-0.39, 0.29) is 5.56 Å². The van der Waals surface area contributed by atoms with E-state index in [1.54, 1.807) is 19.2 Å². The fraction of sp³-hybridized carbons (Fsp3) is 0.364. The van der Waals surface area contributed by atoms with Gasteiger partial charge in [0.25, 0.3) is 0 Å². The number of carboxylic acid groups (broad SMARTS) is 1. The Balaban J connectivity index is 2.25. The summed E-state index contributed by atoms with van der Waals surface area (Å²) >= 11 is 0. The van der Waals surface area contributed by atoms with E-state index in [0.717, 1.165) is 5.69 Å². The third-order valence-electron chi connectivity index (χ3n) is 2.39.